The number of carbonyl (C=O) groups excluding carboxylic acids is 3. The minimum atomic E-state index is -0.619. The van der Waals surface area contributed by atoms with Crippen molar-refractivity contribution in [3.8, 4) is 0 Å². The fraction of sp³-hybridized carbons (Fsp3) is 0.348. The number of amides is 2. The number of cyclic esters (lactones) is 1. The fourth-order valence-corrected chi connectivity index (χ4v) is 4.01. The molecule has 2 amide bonds. The summed E-state index contributed by atoms with van der Waals surface area (Å²) >= 11 is 5.94. The van der Waals surface area contributed by atoms with Gasteiger partial charge in [-0.15, -0.1) is 0 Å². The molecular formula is C23H23ClN2O5. The highest BCUT2D eigenvalue weighted by molar-refractivity contribution is 6.30. The van der Waals surface area contributed by atoms with Crippen LogP contribution in [0.25, 0.3) is 0 Å². The number of halogens is 1. The highest BCUT2D eigenvalue weighted by Gasteiger charge is 2.43. The Morgan fingerprint density at radius 3 is 2.29 bits per heavy atom. The third-order valence-corrected chi connectivity index (χ3v) is 5.83. The van der Waals surface area contributed by atoms with Gasteiger partial charge in [0.05, 0.1) is 12.3 Å². The van der Waals surface area contributed by atoms with Gasteiger partial charge >= 0.3 is 12.1 Å². The zero-order chi connectivity index (χ0) is 21.8. The maximum absolute atomic E-state index is 13.1. The van der Waals surface area contributed by atoms with E-state index in [-0.39, 0.29) is 24.9 Å². The number of ether oxygens (including phenoxy) is 2. The number of nitrogens with zero attached hydrogens (tertiary/aromatic N) is 2. The first-order chi connectivity index (χ1) is 15.0. The van der Waals surface area contributed by atoms with E-state index in [1.807, 2.05) is 30.3 Å². The Bertz CT molecular complexity index is 942. The lowest BCUT2D eigenvalue weighted by atomic mass is 9.93. The van der Waals surface area contributed by atoms with Gasteiger partial charge in [0.15, 0.2) is 0 Å². The van der Waals surface area contributed by atoms with E-state index in [2.05, 4.69) is 0 Å². The van der Waals surface area contributed by atoms with Crippen LogP contribution in [0.3, 0.4) is 0 Å². The molecule has 8 heteroatoms. The maximum Gasteiger partial charge on any atom is 0.410 e. The van der Waals surface area contributed by atoms with Gasteiger partial charge in [0.2, 0.25) is 5.91 Å². The summed E-state index contributed by atoms with van der Waals surface area (Å²) in [4.78, 5) is 40.7. The Kier molecular flexibility index (Phi) is 6.42. The first-order valence-electron chi connectivity index (χ1n) is 10.2. The molecule has 0 aromatic heterocycles. The van der Waals surface area contributed by atoms with Crippen LogP contribution in [0, 0.1) is 5.92 Å². The van der Waals surface area contributed by atoms with Gasteiger partial charge in [-0.05, 0) is 23.3 Å². The molecule has 4 rings (SSSR count). The molecule has 7 nitrogen and oxygen atoms in total. The Morgan fingerprint density at radius 1 is 0.968 bits per heavy atom. The molecule has 0 aliphatic carbocycles. The van der Waals surface area contributed by atoms with Crippen LogP contribution in [0.4, 0.5) is 4.79 Å². The van der Waals surface area contributed by atoms with Gasteiger partial charge in [-0.1, -0.05) is 54.1 Å². The van der Waals surface area contributed by atoms with Gasteiger partial charge in [0.1, 0.15) is 12.7 Å². The number of esters is 1. The van der Waals surface area contributed by atoms with Crippen molar-refractivity contribution < 1.29 is 23.9 Å². The molecule has 2 aliphatic rings. The summed E-state index contributed by atoms with van der Waals surface area (Å²) in [6.45, 7) is 1.75. The second-order valence-electron chi connectivity index (χ2n) is 7.63. The van der Waals surface area contributed by atoms with Crippen molar-refractivity contribution in [2.75, 3.05) is 26.2 Å². The average Bonchev–Trinajstić information content (AvgIpc) is 3.20. The molecule has 2 saturated heterocycles. The standard InChI is InChI=1S/C23H23ClN2O5/c24-18-8-6-17(7-9-18)21-19(14-20(27)31-21)22(28)25-10-12-26(13-11-25)23(29)30-15-16-4-2-1-3-5-16/h1-9,19,21H,10-15H2/t19-,21+/m0/s1. The largest absolute Gasteiger partial charge is 0.457 e. The van der Waals surface area contributed by atoms with Crippen molar-refractivity contribution in [2.24, 2.45) is 5.92 Å². The van der Waals surface area contributed by atoms with Gasteiger partial charge in [-0.3, -0.25) is 9.59 Å². The highest BCUT2D eigenvalue weighted by Crippen LogP contribution is 2.37. The highest BCUT2D eigenvalue weighted by atomic mass is 35.5. The van der Waals surface area contributed by atoms with Crippen LogP contribution in [0.1, 0.15) is 23.7 Å². The van der Waals surface area contributed by atoms with Gasteiger partial charge in [0, 0.05) is 31.2 Å². The third-order valence-electron chi connectivity index (χ3n) is 5.58. The van der Waals surface area contributed by atoms with Gasteiger partial charge < -0.3 is 19.3 Å². The zero-order valence-electron chi connectivity index (χ0n) is 16.9. The smallest absolute Gasteiger partial charge is 0.410 e. The Hall–Kier alpha value is -3.06. The molecule has 162 valence electrons. The summed E-state index contributed by atoms with van der Waals surface area (Å²) in [6.07, 6.45) is -0.966. The first-order valence-corrected chi connectivity index (χ1v) is 10.6. The normalized spacial score (nSPS) is 21.0. The van der Waals surface area contributed by atoms with E-state index in [0.29, 0.717) is 31.2 Å². The fourth-order valence-electron chi connectivity index (χ4n) is 3.88. The van der Waals surface area contributed by atoms with Crippen molar-refractivity contribution in [1.29, 1.82) is 0 Å². The average molecular weight is 443 g/mol. The van der Waals surface area contributed by atoms with E-state index in [4.69, 9.17) is 21.1 Å². The van der Waals surface area contributed by atoms with Crippen molar-refractivity contribution >= 4 is 29.6 Å². The Labute approximate surface area is 185 Å². The summed E-state index contributed by atoms with van der Waals surface area (Å²) < 4.78 is 10.8. The van der Waals surface area contributed by atoms with Gasteiger partial charge in [-0.2, -0.15) is 0 Å². The lowest BCUT2D eigenvalue weighted by molar-refractivity contribution is -0.142. The molecular weight excluding hydrogens is 420 g/mol. The molecule has 2 aliphatic heterocycles. The summed E-state index contributed by atoms with van der Waals surface area (Å²) in [5.74, 6) is -1.10. The molecule has 2 atom stereocenters. The van der Waals surface area contributed by atoms with Crippen LogP contribution in [0.5, 0.6) is 0 Å². The van der Waals surface area contributed by atoms with Crippen molar-refractivity contribution in [2.45, 2.75) is 19.1 Å². The summed E-state index contributed by atoms with van der Waals surface area (Å²) in [6, 6.07) is 16.4. The van der Waals surface area contributed by atoms with E-state index < -0.39 is 18.1 Å². The molecule has 2 fully saturated rings. The Balaban J connectivity index is 1.32. The summed E-state index contributed by atoms with van der Waals surface area (Å²) in [7, 11) is 0. The SMILES string of the molecule is O=C1C[C@H](C(=O)N2CCN(C(=O)OCc3ccccc3)CC2)[C@@H](c2ccc(Cl)cc2)O1. The summed E-state index contributed by atoms with van der Waals surface area (Å²) in [5, 5.41) is 0.575. The molecule has 0 bridgehead atoms. The lowest BCUT2D eigenvalue weighted by Crippen LogP contribution is -2.52. The minimum Gasteiger partial charge on any atom is -0.457 e. The van der Waals surface area contributed by atoms with E-state index in [1.165, 1.54) is 0 Å². The van der Waals surface area contributed by atoms with Crippen molar-refractivity contribution in [3.05, 3.63) is 70.7 Å². The summed E-state index contributed by atoms with van der Waals surface area (Å²) in [5.41, 5.74) is 1.67. The molecule has 0 unspecified atom stereocenters. The molecule has 0 N–H and O–H groups in total. The topological polar surface area (TPSA) is 76.2 Å². The number of piperazine rings is 1. The van der Waals surface area contributed by atoms with Crippen LogP contribution >= 0.6 is 11.6 Å². The molecule has 31 heavy (non-hydrogen) atoms. The van der Waals surface area contributed by atoms with Crippen molar-refractivity contribution in [1.82, 2.24) is 9.80 Å². The number of benzene rings is 2. The van der Waals surface area contributed by atoms with E-state index in [0.717, 1.165) is 11.1 Å². The van der Waals surface area contributed by atoms with Gasteiger partial charge in [-0.25, -0.2) is 4.79 Å². The first kappa shape index (κ1) is 21.2. The molecule has 0 saturated carbocycles. The molecule has 2 aromatic carbocycles. The molecule has 2 heterocycles. The van der Waals surface area contributed by atoms with Crippen molar-refractivity contribution in [3.63, 3.8) is 0 Å². The van der Waals surface area contributed by atoms with Crippen LogP contribution in [-0.2, 0) is 25.7 Å². The van der Waals surface area contributed by atoms with E-state index in [9.17, 15) is 14.4 Å². The number of rotatable bonds is 4. The number of carbonyl (C=O) groups is 3. The Morgan fingerprint density at radius 2 is 1.61 bits per heavy atom. The predicted octanol–water partition coefficient (Wildman–Crippen LogP) is 3.43. The van der Waals surface area contributed by atoms with E-state index in [1.54, 1.807) is 34.1 Å². The zero-order valence-corrected chi connectivity index (χ0v) is 17.7. The number of hydrogen-bond acceptors (Lipinski definition) is 5. The third kappa shape index (κ3) is 4.99. The van der Waals surface area contributed by atoms with E-state index >= 15 is 0 Å². The second kappa shape index (κ2) is 9.39. The maximum atomic E-state index is 13.1. The van der Waals surface area contributed by atoms with Crippen LogP contribution < -0.4 is 0 Å². The van der Waals surface area contributed by atoms with Gasteiger partial charge in [0.25, 0.3) is 0 Å². The quantitative estimate of drug-likeness (QED) is 0.678. The van der Waals surface area contributed by atoms with Crippen LogP contribution in [0.15, 0.2) is 54.6 Å². The molecule has 0 spiro atoms. The monoisotopic (exact) mass is 442 g/mol. The van der Waals surface area contributed by atoms with Crippen LogP contribution in [0.2, 0.25) is 5.02 Å². The minimum absolute atomic E-state index is 0.0471. The second-order valence-corrected chi connectivity index (χ2v) is 8.06. The molecule has 0 radical (unpaired) electrons. The number of hydrogen-bond donors (Lipinski definition) is 0. The van der Waals surface area contributed by atoms with Crippen LogP contribution in [-0.4, -0.2) is 53.9 Å². The lowest BCUT2D eigenvalue weighted by Gasteiger charge is -2.35. The predicted molar refractivity (Wildman–Crippen MR) is 113 cm³/mol. The molecule has 2 aromatic rings.